The van der Waals surface area contributed by atoms with E-state index in [1.807, 2.05) is 0 Å². The van der Waals surface area contributed by atoms with Crippen LogP contribution in [0.1, 0.15) is 47.0 Å². The van der Waals surface area contributed by atoms with E-state index in [9.17, 15) is 24.0 Å². The van der Waals surface area contributed by atoms with Crippen molar-refractivity contribution in [3.05, 3.63) is 12.2 Å². The highest BCUT2D eigenvalue weighted by Crippen LogP contribution is 2.21. The standard InChI is InChI=1S/C23H36N4O6S2/c1-5-15-20(29)25-16-11-35-13(4)19(27-21(16)30)22(31)26-18(12(2)3)23(32)33-14(8-6-7-9-34)10-17(28)24-15/h6,8,12-16,18-19,34H,5,7,9-11H2,1-4H3,(H,24,28)(H,25,29)(H,26,31)(H,27,30)/b8-6+/t13?,14-,15+,16-,18-,19?/m0/s1. The highest BCUT2D eigenvalue weighted by Gasteiger charge is 2.38. The number of amides is 4. The van der Waals surface area contributed by atoms with Crippen LogP contribution in [0.3, 0.4) is 0 Å². The van der Waals surface area contributed by atoms with E-state index < -0.39 is 59.9 Å². The van der Waals surface area contributed by atoms with E-state index in [-0.39, 0.29) is 23.3 Å². The topological polar surface area (TPSA) is 143 Å². The minimum atomic E-state index is -0.976. The number of ether oxygens (including phenoxy) is 1. The van der Waals surface area contributed by atoms with Crippen molar-refractivity contribution in [1.82, 2.24) is 21.3 Å². The first-order chi connectivity index (χ1) is 16.6. The Morgan fingerprint density at radius 3 is 2.40 bits per heavy atom. The summed E-state index contributed by atoms with van der Waals surface area (Å²) in [5.74, 6) is -2.13. The predicted octanol–water partition coefficient (Wildman–Crippen LogP) is 0.319. The lowest BCUT2D eigenvalue weighted by molar-refractivity contribution is -0.153. The second-order valence-electron chi connectivity index (χ2n) is 8.96. The van der Waals surface area contributed by atoms with Crippen LogP contribution in [0.25, 0.3) is 0 Å². The summed E-state index contributed by atoms with van der Waals surface area (Å²) in [6, 6.07) is -3.61. The molecule has 0 aromatic rings. The van der Waals surface area contributed by atoms with E-state index in [2.05, 4.69) is 33.9 Å². The van der Waals surface area contributed by atoms with Gasteiger partial charge in [0.1, 0.15) is 30.3 Å². The molecule has 4 amide bonds. The molecule has 196 valence electrons. The Morgan fingerprint density at radius 2 is 1.77 bits per heavy atom. The van der Waals surface area contributed by atoms with Gasteiger partial charge in [-0.15, -0.1) is 0 Å². The van der Waals surface area contributed by atoms with Crippen LogP contribution >= 0.6 is 24.4 Å². The maximum atomic E-state index is 13.1. The number of carbonyl (C=O) groups excluding carboxylic acids is 5. The highest BCUT2D eigenvalue weighted by atomic mass is 32.2. The number of fused-ring (bicyclic) bond motifs is 3. The molecule has 0 saturated carbocycles. The second kappa shape index (κ2) is 13.8. The van der Waals surface area contributed by atoms with Gasteiger partial charge in [-0.3, -0.25) is 19.2 Å². The quantitative estimate of drug-likeness (QED) is 0.196. The van der Waals surface area contributed by atoms with Crippen molar-refractivity contribution in [3.8, 4) is 0 Å². The van der Waals surface area contributed by atoms with Crippen LogP contribution in [0.15, 0.2) is 12.2 Å². The molecule has 0 aromatic carbocycles. The summed E-state index contributed by atoms with van der Waals surface area (Å²) in [6.07, 6.45) is 3.21. The summed E-state index contributed by atoms with van der Waals surface area (Å²) in [7, 11) is 0. The van der Waals surface area contributed by atoms with E-state index >= 15 is 0 Å². The van der Waals surface area contributed by atoms with Gasteiger partial charge in [-0.25, -0.2) is 4.79 Å². The van der Waals surface area contributed by atoms with Gasteiger partial charge in [0.25, 0.3) is 0 Å². The number of hydrogen-bond acceptors (Lipinski definition) is 8. The van der Waals surface area contributed by atoms with Crippen LogP contribution in [-0.4, -0.2) is 76.6 Å². The van der Waals surface area contributed by atoms with Gasteiger partial charge < -0.3 is 26.0 Å². The monoisotopic (exact) mass is 528 g/mol. The molecule has 2 rings (SSSR count). The summed E-state index contributed by atoms with van der Waals surface area (Å²) in [5.41, 5.74) is 0. The Hall–Kier alpha value is -2.21. The van der Waals surface area contributed by atoms with Gasteiger partial charge in [0, 0.05) is 11.0 Å². The Bertz CT molecular complexity index is 837. The number of esters is 1. The molecule has 2 aliphatic rings. The second-order valence-corrected chi connectivity index (χ2v) is 10.8. The first-order valence-electron chi connectivity index (χ1n) is 11.9. The molecule has 2 aliphatic heterocycles. The van der Waals surface area contributed by atoms with E-state index in [0.717, 1.165) is 0 Å². The molecule has 2 heterocycles. The minimum absolute atomic E-state index is 0.198. The molecule has 4 N–H and O–H groups in total. The van der Waals surface area contributed by atoms with Crippen molar-refractivity contribution >= 4 is 54.0 Å². The largest absolute Gasteiger partial charge is 0.456 e. The lowest BCUT2D eigenvalue weighted by Crippen LogP contribution is -2.59. The fraction of sp³-hybridized carbons (Fsp3) is 0.696. The number of thioether (sulfide) groups is 1. The maximum absolute atomic E-state index is 13.1. The molecule has 6 atom stereocenters. The molecule has 10 nitrogen and oxygen atoms in total. The van der Waals surface area contributed by atoms with Crippen LogP contribution in [0.4, 0.5) is 0 Å². The summed E-state index contributed by atoms with van der Waals surface area (Å²) in [4.78, 5) is 64.6. The van der Waals surface area contributed by atoms with Crippen LogP contribution < -0.4 is 21.3 Å². The number of carbonyl (C=O) groups is 5. The number of hydrogen-bond donors (Lipinski definition) is 5. The molecule has 2 saturated heterocycles. The minimum Gasteiger partial charge on any atom is -0.456 e. The summed E-state index contributed by atoms with van der Waals surface area (Å²) < 4.78 is 5.62. The van der Waals surface area contributed by atoms with Crippen LogP contribution in [0.5, 0.6) is 0 Å². The normalized spacial score (nSPS) is 31.4. The summed E-state index contributed by atoms with van der Waals surface area (Å²) >= 11 is 5.52. The highest BCUT2D eigenvalue weighted by molar-refractivity contribution is 8.00. The Balaban J connectivity index is 2.41. The van der Waals surface area contributed by atoms with E-state index in [1.165, 1.54) is 11.8 Å². The number of rotatable bonds is 5. The molecule has 0 spiro atoms. The molecule has 2 fully saturated rings. The molecule has 0 radical (unpaired) electrons. The van der Waals surface area contributed by atoms with Gasteiger partial charge in [0.15, 0.2) is 0 Å². The SMILES string of the molecule is CC[C@H]1NC(=O)C[C@H](/C=C/CCS)OC(=O)[C@H](C(C)C)NC(=O)C2NC(=O)[C@H](CSC2C)NC1=O. The first-order valence-corrected chi connectivity index (χ1v) is 13.6. The summed E-state index contributed by atoms with van der Waals surface area (Å²) in [6.45, 7) is 7.08. The molecular weight excluding hydrogens is 492 g/mol. The van der Waals surface area contributed by atoms with Gasteiger partial charge in [-0.2, -0.15) is 24.4 Å². The van der Waals surface area contributed by atoms with Crippen molar-refractivity contribution < 1.29 is 28.7 Å². The van der Waals surface area contributed by atoms with Gasteiger partial charge in [0.2, 0.25) is 23.6 Å². The molecule has 0 aliphatic carbocycles. The predicted molar refractivity (Wildman–Crippen MR) is 137 cm³/mol. The van der Waals surface area contributed by atoms with Gasteiger partial charge in [-0.1, -0.05) is 33.8 Å². The fourth-order valence-corrected chi connectivity index (χ4v) is 4.94. The van der Waals surface area contributed by atoms with Crippen LogP contribution in [0, 0.1) is 5.92 Å². The number of thiol groups is 1. The zero-order chi connectivity index (χ0) is 26.1. The van der Waals surface area contributed by atoms with Crippen LogP contribution in [0.2, 0.25) is 0 Å². The maximum Gasteiger partial charge on any atom is 0.329 e. The average Bonchev–Trinajstić information content (AvgIpc) is 2.93. The van der Waals surface area contributed by atoms with Crippen LogP contribution in [-0.2, 0) is 28.7 Å². The summed E-state index contributed by atoms with van der Waals surface area (Å²) in [5, 5.41) is 10.5. The van der Waals surface area contributed by atoms with Gasteiger partial charge >= 0.3 is 5.97 Å². The van der Waals surface area contributed by atoms with E-state index in [0.29, 0.717) is 18.6 Å². The molecule has 12 heteroatoms. The number of allylic oxidation sites excluding steroid dienone is 1. The molecular formula is C23H36N4O6S2. The Morgan fingerprint density at radius 1 is 1.06 bits per heavy atom. The lowest BCUT2D eigenvalue weighted by atomic mass is 10.0. The Labute approximate surface area is 215 Å². The third kappa shape index (κ3) is 8.45. The van der Waals surface area contributed by atoms with Gasteiger partial charge in [0.05, 0.1) is 6.42 Å². The lowest BCUT2D eigenvalue weighted by Gasteiger charge is -2.28. The van der Waals surface area contributed by atoms with Crippen molar-refractivity contribution in [3.63, 3.8) is 0 Å². The zero-order valence-corrected chi connectivity index (χ0v) is 22.2. The van der Waals surface area contributed by atoms with E-state index in [1.54, 1.807) is 39.8 Å². The zero-order valence-electron chi connectivity index (χ0n) is 20.5. The average molecular weight is 529 g/mol. The fourth-order valence-electron chi connectivity index (χ4n) is 3.67. The van der Waals surface area contributed by atoms with Crippen molar-refractivity contribution in [2.75, 3.05) is 11.5 Å². The van der Waals surface area contributed by atoms with Crippen molar-refractivity contribution in [1.29, 1.82) is 0 Å². The van der Waals surface area contributed by atoms with E-state index in [4.69, 9.17) is 4.74 Å². The molecule has 35 heavy (non-hydrogen) atoms. The third-order valence-corrected chi connectivity index (χ3v) is 7.37. The van der Waals surface area contributed by atoms with Crippen molar-refractivity contribution in [2.45, 2.75) is 82.5 Å². The molecule has 0 aromatic heterocycles. The Kier molecular flexibility index (Phi) is 11.4. The van der Waals surface area contributed by atoms with Gasteiger partial charge in [-0.05, 0) is 30.6 Å². The molecule has 2 bridgehead atoms. The third-order valence-electron chi connectivity index (χ3n) is 5.79. The number of nitrogens with one attached hydrogen (secondary N) is 4. The first kappa shape index (κ1) is 29.0. The smallest absolute Gasteiger partial charge is 0.329 e. The number of cyclic esters (lactones) is 1. The molecule has 2 unspecified atom stereocenters. The van der Waals surface area contributed by atoms with Crippen molar-refractivity contribution in [2.24, 2.45) is 5.92 Å².